The molecule has 0 saturated heterocycles. The molecule has 0 spiro atoms. The highest BCUT2D eigenvalue weighted by Gasteiger charge is 2.01. The molecule has 1 aromatic rings. The van der Waals surface area contributed by atoms with Crippen LogP contribution in [0.3, 0.4) is 0 Å². The quantitative estimate of drug-likeness (QED) is 0.737. The average molecular weight is 238 g/mol. The van der Waals surface area contributed by atoms with Gasteiger partial charge in [0.2, 0.25) is 5.88 Å². The first kappa shape index (κ1) is 13.9. The van der Waals surface area contributed by atoms with Gasteiger partial charge in [-0.15, -0.1) is 0 Å². The molecule has 0 aliphatic carbocycles. The summed E-state index contributed by atoms with van der Waals surface area (Å²) >= 11 is 0. The van der Waals surface area contributed by atoms with Gasteiger partial charge in [0, 0.05) is 18.3 Å². The standard InChI is InChI=1S/C13H22N2O2/c1-10(2)16-5-6-17-13-8-12(9-14-4)7-11(3)15-13/h7-8,10,14H,5-6,9H2,1-4H3. The molecule has 0 unspecified atom stereocenters. The van der Waals surface area contributed by atoms with E-state index in [1.165, 1.54) is 5.56 Å². The molecule has 1 rings (SSSR count). The van der Waals surface area contributed by atoms with Crippen molar-refractivity contribution < 1.29 is 9.47 Å². The summed E-state index contributed by atoms with van der Waals surface area (Å²) in [6.07, 6.45) is 0.240. The molecule has 4 nitrogen and oxygen atoms in total. The maximum atomic E-state index is 5.56. The number of rotatable bonds is 7. The topological polar surface area (TPSA) is 43.4 Å². The third kappa shape index (κ3) is 5.65. The van der Waals surface area contributed by atoms with E-state index in [0.717, 1.165) is 12.2 Å². The largest absolute Gasteiger partial charge is 0.475 e. The van der Waals surface area contributed by atoms with Crippen LogP contribution in [0.5, 0.6) is 5.88 Å². The lowest BCUT2D eigenvalue weighted by molar-refractivity contribution is 0.0542. The number of aryl methyl sites for hydroxylation is 1. The van der Waals surface area contributed by atoms with Gasteiger partial charge in [-0.2, -0.15) is 0 Å². The van der Waals surface area contributed by atoms with Crippen molar-refractivity contribution in [3.05, 3.63) is 23.4 Å². The van der Waals surface area contributed by atoms with E-state index >= 15 is 0 Å². The summed E-state index contributed by atoms with van der Waals surface area (Å²) in [5.41, 5.74) is 2.15. The van der Waals surface area contributed by atoms with Gasteiger partial charge in [0.05, 0.1) is 12.7 Å². The molecule has 0 aliphatic rings. The fourth-order valence-corrected chi connectivity index (χ4v) is 1.52. The van der Waals surface area contributed by atoms with Gasteiger partial charge in [-0.1, -0.05) is 0 Å². The van der Waals surface area contributed by atoms with Gasteiger partial charge in [-0.3, -0.25) is 0 Å². The van der Waals surface area contributed by atoms with Crippen molar-refractivity contribution in [3.8, 4) is 5.88 Å². The van der Waals surface area contributed by atoms with Crippen LogP contribution in [0.2, 0.25) is 0 Å². The van der Waals surface area contributed by atoms with Gasteiger partial charge >= 0.3 is 0 Å². The molecular formula is C13H22N2O2. The Kier molecular flexibility index (Phi) is 5.94. The fraction of sp³-hybridized carbons (Fsp3) is 0.615. The zero-order valence-corrected chi connectivity index (χ0v) is 11.1. The highest BCUT2D eigenvalue weighted by Crippen LogP contribution is 2.12. The van der Waals surface area contributed by atoms with E-state index in [4.69, 9.17) is 9.47 Å². The maximum Gasteiger partial charge on any atom is 0.213 e. The number of hydrogen-bond acceptors (Lipinski definition) is 4. The third-order valence-electron chi connectivity index (χ3n) is 2.16. The average Bonchev–Trinajstić information content (AvgIpc) is 2.24. The van der Waals surface area contributed by atoms with E-state index in [9.17, 15) is 0 Å². The summed E-state index contributed by atoms with van der Waals surface area (Å²) < 4.78 is 11.0. The summed E-state index contributed by atoms with van der Waals surface area (Å²) in [7, 11) is 1.92. The lowest BCUT2D eigenvalue weighted by Crippen LogP contribution is -2.12. The maximum absolute atomic E-state index is 5.56. The first-order valence-electron chi connectivity index (χ1n) is 5.98. The van der Waals surface area contributed by atoms with Crippen molar-refractivity contribution in [1.29, 1.82) is 0 Å². The normalized spacial score (nSPS) is 10.9. The predicted molar refractivity (Wildman–Crippen MR) is 68.3 cm³/mol. The van der Waals surface area contributed by atoms with Gasteiger partial charge < -0.3 is 14.8 Å². The van der Waals surface area contributed by atoms with E-state index < -0.39 is 0 Å². The number of ether oxygens (including phenoxy) is 2. The van der Waals surface area contributed by atoms with Crippen LogP contribution in [-0.4, -0.2) is 31.3 Å². The SMILES string of the molecule is CNCc1cc(C)nc(OCCOC(C)C)c1. The van der Waals surface area contributed by atoms with Gasteiger partial charge in [0.1, 0.15) is 6.61 Å². The molecule has 0 amide bonds. The molecule has 0 aliphatic heterocycles. The van der Waals surface area contributed by atoms with Gasteiger partial charge in [0.15, 0.2) is 0 Å². The molecule has 4 heteroatoms. The summed E-state index contributed by atoms with van der Waals surface area (Å²) in [5.74, 6) is 0.669. The Bertz CT molecular complexity index is 340. The van der Waals surface area contributed by atoms with Crippen LogP contribution < -0.4 is 10.1 Å². The summed E-state index contributed by atoms with van der Waals surface area (Å²) in [5, 5.41) is 3.11. The Hall–Kier alpha value is -1.13. The van der Waals surface area contributed by atoms with E-state index in [2.05, 4.69) is 10.3 Å². The molecule has 0 atom stereocenters. The zero-order chi connectivity index (χ0) is 12.7. The Balaban J connectivity index is 2.46. The fourth-order valence-electron chi connectivity index (χ4n) is 1.52. The molecule has 1 aromatic heterocycles. The predicted octanol–water partition coefficient (Wildman–Crippen LogP) is 1.91. The number of pyridine rings is 1. The van der Waals surface area contributed by atoms with Gasteiger partial charge in [0.25, 0.3) is 0 Å². The third-order valence-corrected chi connectivity index (χ3v) is 2.16. The van der Waals surface area contributed by atoms with Crippen LogP contribution >= 0.6 is 0 Å². The zero-order valence-electron chi connectivity index (χ0n) is 11.1. The Labute approximate surface area is 103 Å². The second kappa shape index (κ2) is 7.25. The van der Waals surface area contributed by atoms with Gasteiger partial charge in [-0.25, -0.2) is 4.98 Å². The van der Waals surface area contributed by atoms with Crippen molar-refractivity contribution in [2.45, 2.75) is 33.4 Å². The van der Waals surface area contributed by atoms with Crippen molar-refractivity contribution in [2.75, 3.05) is 20.3 Å². The van der Waals surface area contributed by atoms with Crippen molar-refractivity contribution in [1.82, 2.24) is 10.3 Å². The Morgan fingerprint density at radius 1 is 1.29 bits per heavy atom. The number of nitrogens with zero attached hydrogens (tertiary/aromatic N) is 1. The van der Waals surface area contributed by atoms with E-state index in [1.807, 2.05) is 40.0 Å². The van der Waals surface area contributed by atoms with Crippen LogP contribution in [-0.2, 0) is 11.3 Å². The van der Waals surface area contributed by atoms with Crippen LogP contribution in [0.15, 0.2) is 12.1 Å². The van der Waals surface area contributed by atoms with Crippen molar-refractivity contribution >= 4 is 0 Å². The highest BCUT2D eigenvalue weighted by molar-refractivity contribution is 5.24. The summed E-state index contributed by atoms with van der Waals surface area (Å²) in [4.78, 5) is 4.33. The van der Waals surface area contributed by atoms with E-state index in [-0.39, 0.29) is 6.10 Å². The van der Waals surface area contributed by atoms with Gasteiger partial charge in [-0.05, 0) is 39.4 Å². The second-order valence-corrected chi connectivity index (χ2v) is 4.25. The first-order chi connectivity index (χ1) is 8.11. The molecule has 0 radical (unpaired) electrons. The molecular weight excluding hydrogens is 216 g/mol. The summed E-state index contributed by atoms with van der Waals surface area (Å²) in [6.45, 7) is 7.94. The lowest BCUT2D eigenvalue weighted by Gasteiger charge is -2.10. The Morgan fingerprint density at radius 2 is 2.06 bits per heavy atom. The van der Waals surface area contributed by atoms with Crippen LogP contribution in [0.4, 0.5) is 0 Å². The first-order valence-corrected chi connectivity index (χ1v) is 5.98. The monoisotopic (exact) mass is 238 g/mol. The minimum absolute atomic E-state index is 0.240. The molecule has 0 aromatic carbocycles. The second-order valence-electron chi connectivity index (χ2n) is 4.25. The smallest absolute Gasteiger partial charge is 0.213 e. The minimum Gasteiger partial charge on any atom is -0.475 e. The van der Waals surface area contributed by atoms with Crippen LogP contribution in [0, 0.1) is 6.92 Å². The van der Waals surface area contributed by atoms with Crippen LogP contribution in [0.25, 0.3) is 0 Å². The number of nitrogens with one attached hydrogen (secondary N) is 1. The molecule has 17 heavy (non-hydrogen) atoms. The van der Waals surface area contributed by atoms with Crippen molar-refractivity contribution in [2.24, 2.45) is 0 Å². The van der Waals surface area contributed by atoms with E-state index in [1.54, 1.807) is 0 Å². The molecule has 96 valence electrons. The number of aromatic nitrogens is 1. The van der Waals surface area contributed by atoms with Crippen molar-refractivity contribution in [3.63, 3.8) is 0 Å². The molecule has 1 heterocycles. The molecule has 0 bridgehead atoms. The highest BCUT2D eigenvalue weighted by atomic mass is 16.5. The molecule has 1 N–H and O–H groups in total. The van der Waals surface area contributed by atoms with E-state index in [0.29, 0.717) is 19.1 Å². The Morgan fingerprint density at radius 3 is 2.71 bits per heavy atom. The lowest BCUT2D eigenvalue weighted by atomic mass is 10.2. The minimum atomic E-state index is 0.240. The molecule has 0 fully saturated rings. The molecule has 0 saturated carbocycles. The van der Waals surface area contributed by atoms with Crippen LogP contribution in [0.1, 0.15) is 25.1 Å². The number of hydrogen-bond donors (Lipinski definition) is 1. The summed E-state index contributed by atoms with van der Waals surface area (Å²) in [6, 6.07) is 4.01.